The van der Waals surface area contributed by atoms with Gasteiger partial charge in [-0.05, 0) is 81.9 Å². The molecular weight excluding hydrogens is 531 g/mol. The van der Waals surface area contributed by atoms with Gasteiger partial charge in [-0.1, -0.05) is 12.0 Å². The number of rotatable bonds is 7. The Morgan fingerprint density at radius 1 is 1.12 bits per heavy atom. The number of nitrogens with zero attached hydrogens (tertiary/aromatic N) is 5. The Morgan fingerprint density at radius 3 is 2.57 bits per heavy atom. The first kappa shape index (κ1) is 26.9. The molecule has 2 aromatic carbocycles. The molecule has 216 valence electrons. The van der Waals surface area contributed by atoms with Crippen molar-refractivity contribution in [3.8, 4) is 35.2 Å². The lowest BCUT2D eigenvalue weighted by Gasteiger charge is -2.34. The van der Waals surface area contributed by atoms with Gasteiger partial charge in [-0.15, -0.1) is 6.42 Å². The molecule has 9 heteroatoms. The average Bonchev–Trinajstić information content (AvgIpc) is 3.64. The minimum atomic E-state index is -0.483. The van der Waals surface area contributed by atoms with Crippen molar-refractivity contribution in [2.45, 2.75) is 44.7 Å². The number of nitrogens with one attached hydrogen (secondary N) is 1. The highest BCUT2D eigenvalue weighted by Crippen LogP contribution is 2.46. The summed E-state index contributed by atoms with van der Waals surface area (Å²) >= 11 is 0. The number of aromatic nitrogens is 3. The Hall–Kier alpha value is -4.00. The minimum Gasteiger partial charge on any atom is -0.508 e. The number of fused-ring (bicyclic) bond motifs is 4. The Balaban J connectivity index is 1.38. The molecule has 42 heavy (non-hydrogen) atoms. The van der Waals surface area contributed by atoms with Crippen molar-refractivity contribution in [1.82, 2.24) is 25.2 Å². The second kappa shape index (κ2) is 10.1. The molecule has 8 nitrogen and oxygen atoms in total. The summed E-state index contributed by atoms with van der Waals surface area (Å²) in [5.41, 5.74) is 3.65. The van der Waals surface area contributed by atoms with Crippen LogP contribution in [-0.2, 0) is 0 Å². The monoisotopic (exact) mass is 566 g/mol. The lowest BCUT2D eigenvalue weighted by atomic mass is 9.93. The van der Waals surface area contributed by atoms with Gasteiger partial charge < -0.3 is 25.0 Å². The Labute approximate surface area is 244 Å². The number of phenolic OH excluding ortho intramolecular Hbond substituents is 1. The fraction of sp³-hybridized carbons (Fsp3) is 0.424. The normalized spacial score (nSPS) is 20.8. The van der Waals surface area contributed by atoms with Crippen molar-refractivity contribution in [3.05, 3.63) is 47.4 Å². The predicted molar refractivity (Wildman–Crippen MR) is 162 cm³/mol. The summed E-state index contributed by atoms with van der Waals surface area (Å²) in [6.07, 6.45) is 10.3. The van der Waals surface area contributed by atoms with Crippen LogP contribution in [0.15, 0.2) is 30.3 Å². The number of aryl methyl sites for hydroxylation is 1. The quantitative estimate of drug-likeness (QED) is 0.313. The third-order valence-corrected chi connectivity index (χ3v) is 8.94. The molecular formula is C33H35FN6O2. The van der Waals surface area contributed by atoms with Gasteiger partial charge >= 0.3 is 6.01 Å². The van der Waals surface area contributed by atoms with E-state index >= 15 is 0 Å². The van der Waals surface area contributed by atoms with Crippen LogP contribution in [0.1, 0.15) is 36.9 Å². The number of halogens is 1. The number of ether oxygens (including phenoxy) is 1. The molecule has 1 saturated carbocycles. The van der Waals surface area contributed by atoms with E-state index in [0.717, 1.165) is 51.1 Å². The number of hydrogen-bond donors (Lipinski definition) is 2. The minimum absolute atomic E-state index is 0.0610. The largest absolute Gasteiger partial charge is 0.508 e. The zero-order valence-corrected chi connectivity index (χ0v) is 24.2. The number of hydrogen-bond acceptors (Lipinski definition) is 8. The van der Waals surface area contributed by atoms with Gasteiger partial charge in [0.15, 0.2) is 5.82 Å². The standard InChI is InChI=1S/C33H35FN6O2/c1-5-24-27(34)9-6-20-12-23(41)13-26(29(20)24)25-14-28-30(35-19(25)2)31(40-15-21-7-8-22(16-40)36-21)38-32(37-28)42-18-33(10-11-33)17-39(3)4/h1,6,9,12-14,21-22,36,41H,7-8,10-11,15-18H2,2-4H3. The highest BCUT2D eigenvalue weighted by Gasteiger charge is 2.44. The Morgan fingerprint density at radius 2 is 1.88 bits per heavy atom. The zero-order chi connectivity index (χ0) is 29.2. The van der Waals surface area contributed by atoms with E-state index in [4.69, 9.17) is 26.1 Å². The van der Waals surface area contributed by atoms with Gasteiger partial charge in [0, 0.05) is 53.8 Å². The van der Waals surface area contributed by atoms with Gasteiger partial charge in [0.25, 0.3) is 0 Å². The fourth-order valence-electron chi connectivity index (χ4n) is 6.84. The number of aromatic hydroxyl groups is 1. The highest BCUT2D eigenvalue weighted by molar-refractivity contribution is 6.03. The molecule has 2 atom stereocenters. The topological polar surface area (TPSA) is 86.6 Å². The smallest absolute Gasteiger partial charge is 0.319 e. The van der Waals surface area contributed by atoms with E-state index in [1.54, 1.807) is 18.2 Å². The molecule has 4 aromatic rings. The number of phenols is 1. The number of terminal acetylenes is 1. The molecule has 2 saturated heterocycles. The maximum Gasteiger partial charge on any atom is 0.319 e. The first-order valence-corrected chi connectivity index (χ1v) is 14.6. The average molecular weight is 567 g/mol. The lowest BCUT2D eigenvalue weighted by Crippen LogP contribution is -2.51. The summed E-state index contributed by atoms with van der Waals surface area (Å²) in [5, 5.41) is 15.5. The maximum absolute atomic E-state index is 14.8. The maximum atomic E-state index is 14.8. The van der Waals surface area contributed by atoms with Gasteiger partial charge in [0.2, 0.25) is 0 Å². The number of piperazine rings is 1. The van der Waals surface area contributed by atoms with Crippen molar-refractivity contribution in [2.24, 2.45) is 5.41 Å². The molecule has 2 bridgehead atoms. The van der Waals surface area contributed by atoms with Crippen LogP contribution in [0.25, 0.3) is 32.9 Å². The van der Waals surface area contributed by atoms with E-state index in [9.17, 15) is 9.50 Å². The SMILES string of the molecule is C#Cc1c(F)ccc2cc(O)cc(-c3cc4nc(OCC5(CN(C)C)CC5)nc(N5CC6CCC(C5)N6)c4nc3C)c12. The van der Waals surface area contributed by atoms with Gasteiger partial charge in [-0.25, -0.2) is 9.37 Å². The van der Waals surface area contributed by atoms with Crippen molar-refractivity contribution in [3.63, 3.8) is 0 Å². The molecule has 2 aromatic heterocycles. The molecule has 3 aliphatic rings. The molecule has 4 heterocycles. The molecule has 7 rings (SSSR count). The first-order valence-electron chi connectivity index (χ1n) is 14.6. The summed E-state index contributed by atoms with van der Waals surface area (Å²) in [6.45, 7) is 5.11. The lowest BCUT2D eigenvalue weighted by molar-refractivity contribution is 0.183. The second-order valence-electron chi connectivity index (χ2n) is 12.5. The van der Waals surface area contributed by atoms with Gasteiger partial charge in [0.05, 0.1) is 17.7 Å². The van der Waals surface area contributed by atoms with Crippen LogP contribution in [0, 0.1) is 30.5 Å². The summed E-state index contributed by atoms with van der Waals surface area (Å²) in [6, 6.07) is 9.29. The molecule has 0 spiro atoms. The van der Waals surface area contributed by atoms with Crippen LogP contribution in [-0.4, -0.2) is 77.4 Å². The first-order chi connectivity index (χ1) is 20.2. The van der Waals surface area contributed by atoms with E-state index in [-0.39, 0.29) is 16.7 Å². The third kappa shape index (κ3) is 4.79. The summed E-state index contributed by atoms with van der Waals surface area (Å²) in [5.74, 6) is 2.86. The van der Waals surface area contributed by atoms with Crippen molar-refractivity contribution in [1.29, 1.82) is 0 Å². The van der Waals surface area contributed by atoms with Gasteiger partial charge in [0.1, 0.15) is 17.1 Å². The van der Waals surface area contributed by atoms with Crippen LogP contribution in [0.5, 0.6) is 11.8 Å². The Kier molecular flexibility index (Phi) is 6.44. The van der Waals surface area contributed by atoms with Crippen molar-refractivity contribution < 1.29 is 14.2 Å². The van der Waals surface area contributed by atoms with Crippen molar-refractivity contribution >= 4 is 27.6 Å². The highest BCUT2D eigenvalue weighted by atomic mass is 19.1. The summed E-state index contributed by atoms with van der Waals surface area (Å²) in [7, 11) is 4.17. The van der Waals surface area contributed by atoms with Gasteiger partial charge in [-0.3, -0.25) is 0 Å². The fourth-order valence-corrected chi connectivity index (χ4v) is 6.84. The molecule has 2 aliphatic heterocycles. The summed E-state index contributed by atoms with van der Waals surface area (Å²) < 4.78 is 21.2. The van der Waals surface area contributed by atoms with Crippen LogP contribution < -0.4 is 15.0 Å². The van der Waals surface area contributed by atoms with Crippen LogP contribution in [0.2, 0.25) is 0 Å². The van der Waals surface area contributed by atoms with Crippen molar-refractivity contribution in [2.75, 3.05) is 45.2 Å². The van der Waals surface area contributed by atoms with Crippen LogP contribution in [0.4, 0.5) is 10.2 Å². The molecule has 1 aliphatic carbocycles. The number of anilines is 1. The van der Waals surface area contributed by atoms with Crippen LogP contribution >= 0.6 is 0 Å². The number of benzene rings is 2. The Bertz CT molecular complexity index is 1750. The molecule has 3 fully saturated rings. The molecule has 2 N–H and O–H groups in total. The van der Waals surface area contributed by atoms with E-state index in [2.05, 4.69) is 35.1 Å². The van der Waals surface area contributed by atoms with E-state index in [0.29, 0.717) is 63.3 Å². The second-order valence-corrected chi connectivity index (χ2v) is 12.5. The predicted octanol–water partition coefficient (Wildman–Crippen LogP) is 4.64. The molecule has 0 amide bonds. The third-order valence-electron chi connectivity index (χ3n) is 8.94. The van der Waals surface area contributed by atoms with Crippen LogP contribution in [0.3, 0.4) is 0 Å². The van der Waals surface area contributed by atoms with E-state index in [1.807, 2.05) is 13.0 Å². The van der Waals surface area contributed by atoms with E-state index in [1.165, 1.54) is 6.07 Å². The molecule has 0 radical (unpaired) electrons. The van der Waals surface area contributed by atoms with Gasteiger partial charge in [-0.2, -0.15) is 9.97 Å². The summed E-state index contributed by atoms with van der Waals surface area (Å²) in [4.78, 5) is 19.4. The zero-order valence-electron chi connectivity index (χ0n) is 24.2. The number of pyridine rings is 1. The van der Waals surface area contributed by atoms with E-state index < -0.39 is 5.82 Å². The molecule has 2 unspecified atom stereocenters.